The first-order chi connectivity index (χ1) is 23.8. The van der Waals surface area contributed by atoms with Crippen molar-refractivity contribution in [3.05, 3.63) is 188 Å². The van der Waals surface area contributed by atoms with Gasteiger partial charge in [0.05, 0.1) is 0 Å². The van der Waals surface area contributed by atoms with Gasteiger partial charge < -0.3 is 4.90 Å². The van der Waals surface area contributed by atoms with Gasteiger partial charge in [0.25, 0.3) is 0 Å². The minimum atomic E-state index is 1.12. The van der Waals surface area contributed by atoms with Crippen LogP contribution in [0.3, 0.4) is 0 Å². The van der Waals surface area contributed by atoms with E-state index < -0.39 is 0 Å². The van der Waals surface area contributed by atoms with Gasteiger partial charge in [-0.25, -0.2) is 0 Å². The van der Waals surface area contributed by atoms with E-state index in [1.54, 1.807) is 0 Å². The summed E-state index contributed by atoms with van der Waals surface area (Å²) in [6.45, 7) is 0. The highest BCUT2D eigenvalue weighted by molar-refractivity contribution is 7.25. The highest BCUT2D eigenvalue weighted by atomic mass is 32.1. The molecule has 0 saturated heterocycles. The third kappa shape index (κ3) is 5.23. The number of benzene rings is 8. The van der Waals surface area contributed by atoms with E-state index in [-0.39, 0.29) is 0 Å². The van der Waals surface area contributed by atoms with Gasteiger partial charge in [-0.2, -0.15) is 0 Å². The summed E-state index contributed by atoms with van der Waals surface area (Å²) in [7, 11) is 0. The predicted molar refractivity (Wildman–Crippen MR) is 208 cm³/mol. The van der Waals surface area contributed by atoms with E-state index >= 15 is 0 Å². The number of rotatable bonds is 6. The molecule has 1 nitrogen and oxygen atoms in total. The molecule has 0 aliphatic heterocycles. The largest absolute Gasteiger partial charge is 0.311 e. The number of thiophene rings is 1. The van der Waals surface area contributed by atoms with Crippen LogP contribution in [-0.2, 0) is 0 Å². The molecular formula is C46H31NS. The van der Waals surface area contributed by atoms with Crippen LogP contribution >= 0.6 is 11.3 Å². The Morgan fingerprint density at radius 3 is 1.50 bits per heavy atom. The summed E-state index contributed by atoms with van der Waals surface area (Å²) in [5.41, 5.74) is 10.7. The van der Waals surface area contributed by atoms with Gasteiger partial charge in [-0.15, -0.1) is 11.3 Å². The first-order valence-electron chi connectivity index (χ1n) is 16.3. The Hall–Kier alpha value is -5.96. The lowest BCUT2D eigenvalue weighted by molar-refractivity contribution is 1.28. The zero-order valence-corrected chi connectivity index (χ0v) is 27.1. The van der Waals surface area contributed by atoms with Crippen LogP contribution in [0.25, 0.3) is 64.3 Å². The molecule has 0 radical (unpaired) electrons. The second-order valence-corrected chi connectivity index (χ2v) is 13.3. The molecule has 0 fully saturated rings. The lowest BCUT2D eigenvalue weighted by Crippen LogP contribution is -2.09. The molecule has 9 rings (SSSR count). The van der Waals surface area contributed by atoms with E-state index in [9.17, 15) is 0 Å². The molecule has 0 spiro atoms. The monoisotopic (exact) mass is 629 g/mol. The van der Waals surface area contributed by atoms with Crippen LogP contribution < -0.4 is 4.90 Å². The Balaban J connectivity index is 1.04. The molecule has 0 unspecified atom stereocenters. The van der Waals surface area contributed by atoms with Crippen LogP contribution in [0.1, 0.15) is 0 Å². The summed E-state index contributed by atoms with van der Waals surface area (Å²) in [6, 6.07) is 68.1. The van der Waals surface area contributed by atoms with Crippen molar-refractivity contribution < 1.29 is 0 Å². The number of para-hydroxylation sites is 1. The molecule has 0 saturated carbocycles. The summed E-state index contributed by atoms with van der Waals surface area (Å²) >= 11 is 1.87. The van der Waals surface area contributed by atoms with Gasteiger partial charge in [0.1, 0.15) is 0 Å². The second-order valence-electron chi connectivity index (χ2n) is 12.2. The molecule has 1 aromatic heterocycles. The molecule has 0 N–H and O–H groups in total. The van der Waals surface area contributed by atoms with Crippen LogP contribution in [0.15, 0.2) is 188 Å². The van der Waals surface area contributed by atoms with E-state index in [1.165, 1.54) is 64.3 Å². The highest BCUT2D eigenvalue weighted by Crippen LogP contribution is 2.39. The van der Waals surface area contributed by atoms with Crippen molar-refractivity contribution in [1.29, 1.82) is 0 Å². The van der Waals surface area contributed by atoms with Crippen molar-refractivity contribution in [3.8, 4) is 33.4 Å². The molecule has 0 bridgehead atoms. The van der Waals surface area contributed by atoms with Crippen LogP contribution in [0.2, 0.25) is 0 Å². The molecule has 0 amide bonds. The summed E-state index contributed by atoms with van der Waals surface area (Å²) in [4.78, 5) is 2.33. The summed E-state index contributed by atoms with van der Waals surface area (Å²) < 4.78 is 2.68. The van der Waals surface area contributed by atoms with Crippen LogP contribution in [-0.4, -0.2) is 0 Å². The first kappa shape index (κ1) is 28.3. The van der Waals surface area contributed by atoms with Gasteiger partial charge in [0.15, 0.2) is 0 Å². The number of hydrogen-bond donors (Lipinski definition) is 0. The first-order valence-corrected chi connectivity index (χ1v) is 17.2. The average Bonchev–Trinajstić information content (AvgIpc) is 3.52. The van der Waals surface area contributed by atoms with E-state index in [1.807, 2.05) is 11.3 Å². The SMILES string of the molecule is c1ccc(-c2cccc(-c3ccc(N(c4ccccc4)c4ccc(-c5ccc6cc7c(cc6c5)sc5ccccc57)cc4)cc3)c2)cc1. The Bertz CT molecular complexity index is 2530. The maximum absolute atomic E-state index is 2.35. The smallest absolute Gasteiger partial charge is 0.0462 e. The van der Waals surface area contributed by atoms with Crippen LogP contribution in [0, 0.1) is 0 Å². The Morgan fingerprint density at radius 2 is 0.812 bits per heavy atom. The number of hydrogen-bond acceptors (Lipinski definition) is 2. The third-order valence-electron chi connectivity index (χ3n) is 9.24. The van der Waals surface area contributed by atoms with E-state index in [4.69, 9.17) is 0 Å². The minimum absolute atomic E-state index is 1.12. The third-order valence-corrected chi connectivity index (χ3v) is 10.4. The highest BCUT2D eigenvalue weighted by Gasteiger charge is 2.14. The van der Waals surface area contributed by atoms with Gasteiger partial charge in [0.2, 0.25) is 0 Å². The predicted octanol–water partition coefficient (Wildman–Crippen LogP) is 13.7. The van der Waals surface area contributed by atoms with Crippen molar-refractivity contribution in [3.63, 3.8) is 0 Å². The van der Waals surface area contributed by atoms with Crippen molar-refractivity contribution in [2.75, 3.05) is 4.90 Å². The fourth-order valence-electron chi connectivity index (χ4n) is 6.79. The maximum atomic E-state index is 2.35. The number of fused-ring (bicyclic) bond motifs is 4. The van der Waals surface area contributed by atoms with Crippen molar-refractivity contribution in [2.24, 2.45) is 0 Å². The average molecular weight is 630 g/mol. The van der Waals surface area contributed by atoms with Gasteiger partial charge in [-0.3, -0.25) is 0 Å². The van der Waals surface area contributed by atoms with Crippen molar-refractivity contribution >= 4 is 59.3 Å². The van der Waals surface area contributed by atoms with Gasteiger partial charge in [-0.1, -0.05) is 121 Å². The molecule has 0 aliphatic rings. The summed E-state index contributed by atoms with van der Waals surface area (Å²) in [6.07, 6.45) is 0. The number of anilines is 3. The number of nitrogens with zero attached hydrogens (tertiary/aromatic N) is 1. The molecule has 0 atom stereocenters. The molecule has 8 aromatic carbocycles. The van der Waals surface area contributed by atoms with Crippen LogP contribution in [0.5, 0.6) is 0 Å². The molecule has 226 valence electrons. The zero-order valence-electron chi connectivity index (χ0n) is 26.3. The molecule has 2 heteroatoms. The zero-order chi connectivity index (χ0) is 31.9. The van der Waals surface area contributed by atoms with Gasteiger partial charge in [-0.05, 0) is 111 Å². The molecule has 0 aliphatic carbocycles. The molecular weight excluding hydrogens is 599 g/mol. The lowest BCUT2D eigenvalue weighted by Gasteiger charge is -2.26. The standard InChI is InChI=1S/C46H31NS/c1-3-10-32(11-4-1)35-12-9-13-36(28-35)33-20-24-41(25-21-33)47(40-14-5-2-6-15-40)42-26-22-34(23-27-42)37-18-19-38-30-44-43-16-7-8-17-45(43)48-46(44)31-39(38)29-37/h1-31H. The summed E-state index contributed by atoms with van der Waals surface area (Å²) in [5.74, 6) is 0. The Labute approximate surface area is 284 Å². The molecule has 1 heterocycles. The normalized spacial score (nSPS) is 11.3. The topological polar surface area (TPSA) is 3.24 Å². The van der Waals surface area contributed by atoms with Gasteiger partial charge >= 0.3 is 0 Å². The quantitative estimate of drug-likeness (QED) is 0.177. The Morgan fingerprint density at radius 1 is 0.292 bits per heavy atom. The molecule has 9 aromatic rings. The maximum Gasteiger partial charge on any atom is 0.0462 e. The van der Waals surface area contributed by atoms with E-state index in [0.717, 1.165) is 17.1 Å². The summed E-state index contributed by atoms with van der Waals surface area (Å²) in [5, 5.41) is 5.23. The van der Waals surface area contributed by atoms with E-state index in [2.05, 4.69) is 193 Å². The van der Waals surface area contributed by atoms with Crippen molar-refractivity contribution in [2.45, 2.75) is 0 Å². The fourth-order valence-corrected chi connectivity index (χ4v) is 7.92. The minimum Gasteiger partial charge on any atom is -0.311 e. The van der Waals surface area contributed by atoms with Gasteiger partial charge in [0, 0.05) is 37.2 Å². The van der Waals surface area contributed by atoms with E-state index in [0.29, 0.717) is 0 Å². The second kappa shape index (κ2) is 12.0. The van der Waals surface area contributed by atoms with Crippen molar-refractivity contribution in [1.82, 2.24) is 0 Å². The Kier molecular flexibility index (Phi) is 7.07. The fraction of sp³-hybridized carbons (Fsp3) is 0. The lowest BCUT2D eigenvalue weighted by atomic mass is 9.98. The molecule has 48 heavy (non-hydrogen) atoms. The van der Waals surface area contributed by atoms with Crippen LogP contribution in [0.4, 0.5) is 17.1 Å².